The van der Waals surface area contributed by atoms with Gasteiger partial charge in [0.05, 0.1) is 0 Å². The lowest BCUT2D eigenvalue weighted by molar-refractivity contribution is -0.134. The SMILES string of the molecule is CCCCCCCCC(C)C(OC)OC.NC1CCCCC1. The van der Waals surface area contributed by atoms with E-state index in [-0.39, 0.29) is 6.29 Å². The van der Waals surface area contributed by atoms with Crippen LogP contribution in [0.4, 0.5) is 0 Å². The van der Waals surface area contributed by atoms with Crippen molar-refractivity contribution < 1.29 is 9.47 Å². The van der Waals surface area contributed by atoms with E-state index in [9.17, 15) is 0 Å². The molecule has 2 N–H and O–H groups in total. The summed E-state index contributed by atoms with van der Waals surface area (Å²) in [4.78, 5) is 0. The molecule has 1 unspecified atom stereocenters. The van der Waals surface area contributed by atoms with Gasteiger partial charge in [-0.15, -0.1) is 0 Å². The summed E-state index contributed by atoms with van der Waals surface area (Å²) in [5.41, 5.74) is 5.63. The number of nitrogens with two attached hydrogens (primary N) is 1. The predicted octanol–water partition coefficient (Wildman–Crippen LogP) is 5.27. The number of rotatable bonds is 10. The maximum Gasteiger partial charge on any atom is 0.159 e. The molecule has 0 amide bonds. The minimum Gasteiger partial charge on any atom is -0.356 e. The summed E-state index contributed by atoms with van der Waals surface area (Å²) in [6.07, 6.45) is 16.0. The molecule has 3 heteroatoms. The monoisotopic (exact) mass is 315 g/mol. The first-order valence-corrected chi connectivity index (χ1v) is 9.46. The van der Waals surface area contributed by atoms with Gasteiger partial charge in [0.2, 0.25) is 0 Å². The Labute approximate surface area is 139 Å². The van der Waals surface area contributed by atoms with E-state index in [1.54, 1.807) is 14.2 Å². The summed E-state index contributed by atoms with van der Waals surface area (Å²) in [6.45, 7) is 4.45. The molecule has 1 fully saturated rings. The van der Waals surface area contributed by atoms with Gasteiger partial charge in [-0.1, -0.05) is 71.6 Å². The van der Waals surface area contributed by atoms with Gasteiger partial charge in [-0.3, -0.25) is 0 Å². The minimum atomic E-state index is -0.0272. The average molecular weight is 316 g/mol. The van der Waals surface area contributed by atoms with Gasteiger partial charge in [0, 0.05) is 26.2 Å². The molecular formula is C19H41NO2. The van der Waals surface area contributed by atoms with Crippen LogP contribution in [0.25, 0.3) is 0 Å². The number of hydrogen-bond donors (Lipinski definition) is 1. The highest BCUT2D eigenvalue weighted by Crippen LogP contribution is 2.17. The van der Waals surface area contributed by atoms with Crippen molar-refractivity contribution in [2.24, 2.45) is 11.7 Å². The van der Waals surface area contributed by atoms with Crippen LogP contribution < -0.4 is 5.73 Å². The zero-order valence-electron chi connectivity index (χ0n) is 15.6. The maximum atomic E-state index is 5.63. The van der Waals surface area contributed by atoms with Crippen molar-refractivity contribution in [3.05, 3.63) is 0 Å². The van der Waals surface area contributed by atoms with Crippen LogP contribution in [0, 0.1) is 5.92 Å². The van der Waals surface area contributed by atoms with Crippen molar-refractivity contribution in [3.8, 4) is 0 Å². The molecule has 22 heavy (non-hydrogen) atoms. The first-order valence-electron chi connectivity index (χ1n) is 9.46. The van der Waals surface area contributed by atoms with E-state index >= 15 is 0 Å². The molecule has 0 spiro atoms. The largest absolute Gasteiger partial charge is 0.356 e. The van der Waals surface area contributed by atoms with Crippen molar-refractivity contribution in [1.82, 2.24) is 0 Å². The van der Waals surface area contributed by atoms with E-state index in [2.05, 4.69) is 13.8 Å². The predicted molar refractivity (Wildman–Crippen MR) is 96.0 cm³/mol. The second-order valence-electron chi connectivity index (χ2n) is 6.77. The third-order valence-electron chi connectivity index (χ3n) is 4.59. The first kappa shape index (κ1) is 21.9. The standard InChI is InChI=1S/C13H28O2.C6H13N/c1-5-6-7-8-9-10-11-12(2)13(14-3)15-4;7-6-4-2-1-3-5-6/h12-13H,5-11H2,1-4H3;6H,1-5,7H2. The molecule has 1 rings (SSSR count). The second kappa shape index (κ2) is 15.8. The van der Waals surface area contributed by atoms with E-state index in [0.717, 1.165) is 0 Å². The van der Waals surface area contributed by atoms with Gasteiger partial charge in [-0.25, -0.2) is 0 Å². The summed E-state index contributed by atoms with van der Waals surface area (Å²) < 4.78 is 10.5. The van der Waals surface area contributed by atoms with Gasteiger partial charge < -0.3 is 15.2 Å². The van der Waals surface area contributed by atoms with Crippen LogP contribution in [0.1, 0.15) is 90.9 Å². The Hall–Kier alpha value is -0.120. The fraction of sp³-hybridized carbons (Fsp3) is 1.00. The number of hydrogen-bond acceptors (Lipinski definition) is 3. The van der Waals surface area contributed by atoms with Crippen LogP contribution in [0.3, 0.4) is 0 Å². The summed E-state index contributed by atoms with van der Waals surface area (Å²) in [6, 6.07) is 0.536. The molecule has 0 aromatic rings. The fourth-order valence-electron chi connectivity index (χ4n) is 3.08. The summed E-state index contributed by atoms with van der Waals surface area (Å²) in [7, 11) is 3.43. The van der Waals surface area contributed by atoms with Gasteiger partial charge in [-0.05, 0) is 19.3 Å². The molecule has 3 nitrogen and oxygen atoms in total. The van der Waals surface area contributed by atoms with E-state index in [0.29, 0.717) is 12.0 Å². The van der Waals surface area contributed by atoms with Gasteiger partial charge >= 0.3 is 0 Å². The Morgan fingerprint density at radius 1 is 0.909 bits per heavy atom. The summed E-state index contributed by atoms with van der Waals surface area (Å²) in [5.74, 6) is 0.506. The normalized spacial score (nSPS) is 17.2. The third-order valence-corrected chi connectivity index (χ3v) is 4.59. The molecule has 1 aliphatic carbocycles. The lowest BCUT2D eigenvalue weighted by Crippen LogP contribution is -2.22. The number of ether oxygens (including phenoxy) is 2. The first-order chi connectivity index (χ1) is 10.7. The maximum absolute atomic E-state index is 5.63. The van der Waals surface area contributed by atoms with E-state index in [1.165, 1.54) is 77.0 Å². The number of methoxy groups -OCH3 is 2. The highest BCUT2D eigenvalue weighted by molar-refractivity contribution is 4.66. The Balaban J connectivity index is 0.000000518. The topological polar surface area (TPSA) is 44.5 Å². The molecule has 0 saturated heterocycles. The fourth-order valence-corrected chi connectivity index (χ4v) is 3.08. The van der Waals surface area contributed by atoms with E-state index in [4.69, 9.17) is 15.2 Å². The molecule has 0 radical (unpaired) electrons. The van der Waals surface area contributed by atoms with Crippen LogP contribution in [0.5, 0.6) is 0 Å². The van der Waals surface area contributed by atoms with Crippen LogP contribution in [0.2, 0.25) is 0 Å². The molecule has 1 atom stereocenters. The highest BCUT2D eigenvalue weighted by atomic mass is 16.7. The third kappa shape index (κ3) is 12.4. The quantitative estimate of drug-likeness (QED) is 0.441. The van der Waals surface area contributed by atoms with Gasteiger partial charge in [0.15, 0.2) is 6.29 Å². The average Bonchev–Trinajstić information content (AvgIpc) is 2.53. The molecule has 0 aromatic carbocycles. The molecule has 1 saturated carbocycles. The van der Waals surface area contributed by atoms with Gasteiger partial charge in [0.1, 0.15) is 0 Å². The molecule has 0 bridgehead atoms. The lowest BCUT2D eigenvalue weighted by Gasteiger charge is -2.20. The van der Waals surface area contributed by atoms with Crippen LogP contribution in [-0.4, -0.2) is 26.6 Å². The Morgan fingerprint density at radius 3 is 1.91 bits per heavy atom. The van der Waals surface area contributed by atoms with Crippen molar-refractivity contribution in [2.75, 3.05) is 14.2 Å². The molecular weight excluding hydrogens is 274 g/mol. The van der Waals surface area contributed by atoms with Crippen LogP contribution in [-0.2, 0) is 9.47 Å². The molecule has 1 aliphatic rings. The molecule has 134 valence electrons. The minimum absolute atomic E-state index is 0.0272. The van der Waals surface area contributed by atoms with Crippen molar-refractivity contribution in [2.45, 2.75) is 103 Å². The van der Waals surface area contributed by atoms with E-state index in [1.807, 2.05) is 0 Å². The van der Waals surface area contributed by atoms with Gasteiger partial charge in [0.25, 0.3) is 0 Å². The summed E-state index contributed by atoms with van der Waals surface area (Å²) >= 11 is 0. The van der Waals surface area contributed by atoms with Crippen molar-refractivity contribution in [3.63, 3.8) is 0 Å². The zero-order valence-corrected chi connectivity index (χ0v) is 15.6. The van der Waals surface area contributed by atoms with Gasteiger partial charge in [-0.2, -0.15) is 0 Å². The molecule has 0 aromatic heterocycles. The Morgan fingerprint density at radius 2 is 1.45 bits per heavy atom. The summed E-state index contributed by atoms with van der Waals surface area (Å²) in [5, 5.41) is 0. The molecule has 0 aliphatic heterocycles. The number of unbranched alkanes of at least 4 members (excludes halogenated alkanes) is 5. The lowest BCUT2D eigenvalue weighted by atomic mass is 9.97. The smallest absolute Gasteiger partial charge is 0.159 e. The van der Waals surface area contributed by atoms with Crippen molar-refractivity contribution >= 4 is 0 Å². The second-order valence-corrected chi connectivity index (χ2v) is 6.77. The van der Waals surface area contributed by atoms with Crippen LogP contribution >= 0.6 is 0 Å². The zero-order chi connectivity index (χ0) is 16.6. The van der Waals surface area contributed by atoms with Crippen molar-refractivity contribution in [1.29, 1.82) is 0 Å². The van der Waals surface area contributed by atoms with E-state index < -0.39 is 0 Å². The molecule has 0 heterocycles. The highest BCUT2D eigenvalue weighted by Gasteiger charge is 2.14. The Bertz CT molecular complexity index is 213. The van der Waals surface area contributed by atoms with Crippen LogP contribution in [0.15, 0.2) is 0 Å². The Kier molecular flexibility index (Phi) is 15.7.